The second kappa shape index (κ2) is 6.07. The molecule has 5 nitrogen and oxygen atoms in total. The van der Waals surface area contributed by atoms with Crippen molar-refractivity contribution in [2.24, 2.45) is 0 Å². The lowest BCUT2D eigenvalue weighted by atomic mass is 10.1. The number of ether oxygens (including phenoxy) is 1. The van der Waals surface area contributed by atoms with Crippen LogP contribution in [0.4, 0.5) is 0 Å². The van der Waals surface area contributed by atoms with E-state index in [9.17, 15) is 15.2 Å². The third-order valence-corrected chi connectivity index (χ3v) is 2.04. The van der Waals surface area contributed by atoms with Gasteiger partial charge in [-0.05, 0) is 24.1 Å². The first-order chi connectivity index (χ1) is 7.63. The smallest absolute Gasteiger partial charge is 0.233 e. The van der Waals surface area contributed by atoms with Crippen molar-refractivity contribution < 1.29 is 14.8 Å². The molecule has 0 bridgehead atoms. The third kappa shape index (κ3) is 3.86. The molecule has 0 aliphatic carbocycles. The summed E-state index contributed by atoms with van der Waals surface area (Å²) in [5.74, 6) is 0.627. The Kier molecular flexibility index (Phi) is 4.72. The summed E-state index contributed by atoms with van der Waals surface area (Å²) in [5.41, 5.74) is 0.505. The Balaban J connectivity index is 2.69. The Labute approximate surface area is 93.8 Å². The van der Waals surface area contributed by atoms with Crippen LogP contribution >= 0.6 is 0 Å². The van der Waals surface area contributed by atoms with Crippen LogP contribution in [0.1, 0.15) is 25.0 Å². The van der Waals surface area contributed by atoms with Crippen LogP contribution in [0.25, 0.3) is 0 Å². The van der Waals surface area contributed by atoms with Gasteiger partial charge in [0.2, 0.25) is 6.54 Å². The van der Waals surface area contributed by atoms with E-state index in [0.29, 0.717) is 17.9 Å². The molecule has 5 heteroatoms. The van der Waals surface area contributed by atoms with Crippen molar-refractivity contribution in [3.8, 4) is 5.75 Å². The molecular formula is C11H15NO4. The zero-order chi connectivity index (χ0) is 12.0. The number of aliphatic hydroxyl groups is 1. The maximum atomic E-state index is 10.3. The number of nitro groups is 1. The third-order valence-electron chi connectivity index (χ3n) is 2.04. The topological polar surface area (TPSA) is 72.6 Å². The van der Waals surface area contributed by atoms with Crippen molar-refractivity contribution in [2.75, 3.05) is 13.2 Å². The number of nitrogens with zero attached hydrogens (tertiary/aromatic N) is 1. The first kappa shape index (κ1) is 12.4. The number of rotatable bonds is 6. The molecule has 1 rings (SSSR count). The Morgan fingerprint density at radius 3 is 2.94 bits per heavy atom. The van der Waals surface area contributed by atoms with Crippen LogP contribution in [0.5, 0.6) is 5.75 Å². The molecule has 0 heterocycles. The van der Waals surface area contributed by atoms with Gasteiger partial charge in [-0.3, -0.25) is 10.1 Å². The van der Waals surface area contributed by atoms with Gasteiger partial charge in [0.1, 0.15) is 11.9 Å². The van der Waals surface area contributed by atoms with Gasteiger partial charge >= 0.3 is 0 Å². The van der Waals surface area contributed by atoms with Crippen LogP contribution in [-0.2, 0) is 0 Å². The van der Waals surface area contributed by atoms with Crippen molar-refractivity contribution in [3.05, 3.63) is 39.9 Å². The number of hydrogen-bond donors (Lipinski definition) is 1. The van der Waals surface area contributed by atoms with Crippen LogP contribution < -0.4 is 4.74 Å². The number of benzene rings is 1. The summed E-state index contributed by atoms with van der Waals surface area (Å²) < 4.78 is 5.37. The zero-order valence-corrected chi connectivity index (χ0v) is 9.13. The van der Waals surface area contributed by atoms with Gasteiger partial charge in [0, 0.05) is 4.92 Å². The average molecular weight is 225 g/mol. The maximum Gasteiger partial charge on any atom is 0.233 e. The summed E-state index contributed by atoms with van der Waals surface area (Å²) in [7, 11) is 0. The molecule has 0 unspecified atom stereocenters. The molecule has 1 N–H and O–H groups in total. The van der Waals surface area contributed by atoms with Gasteiger partial charge in [-0.15, -0.1) is 0 Å². The Morgan fingerprint density at radius 1 is 1.56 bits per heavy atom. The highest BCUT2D eigenvalue weighted by Crippen LogP contribution is 2.19. The lowest BCUT2D eigenvalue weighted by molar-refractivity contribution is -0.491. The SMILES string of the molecule is CCCOc1cccc([C@H](O)C[N+](=O)[O-])c1. The lowest BCUT2D eigenvalue weighted by Crippen LogP contribution is -2.11. The summed E-state index contributed by atoms with van der Waals surface area (Å²) in [4.78, 5) is 9.72. The molecule has 0 amide bonds. The summed E-state index contributed by atoms with van der Waals surface area (Å²) in [6.45, 7) is 2.09. The highest BCUT2D eigenvalue weighted by molar-refractivity contribution is 5.29. The molecule has 0 radical (unpaired) electrons. The van der Waals surface area contributed by atoms with E-state index in [-0.39, 0.29) is 0 Å². The minimum Gasteiger partial charge on any atom is -0.494 e. The van der Waals surface area contributed by atoms with Crippen LogP contribution in [-0.4, -0.2) is 23.2 Å². The summed E-state index contributed by atoms with van der Waals surface area (Å²) >= 11 is 0. The molecule has 0 fully saturated rings. The van der Waals surface area contributed by atoms with E-state index in [1.54, 1.807) is 24.3 Å². The summed E-state index contributed by atoms with van der Waals surface area (Å²) in [6, 6.07) is 6.75. The lowest BCUT2D eigenvalue weighted by Gasteiger charge is -2.09. The van der Waals surface area contributed by atoms with E-state index in [1.165, 1.54) is 0 Å². The fraction of sp³-hybridized carbons (Fsp3) is 0.455. The molecule has 1 aromatic rings. The van der Waals surface area contributed by atoms with Gasteiger partial charge in [-0.25, -0.2) is 0 Å². The Bertz CT molecular complexity index is 354. The molecule has 0 spiro atoms. The van der Waals surface area contributed by atoms with E-state index in [4.69, 9.17) is 4.74 Å². The largest absolute Gasteiger partial charge is 0.494 e. The minimum absolute atomic E-state index is 0.489. The predicted octanol–water partition coefficient (Wildman–Crippen LogP) is 1.79. The first-order valence-electron chi connectivity index (χ1n) is 5.16. The monoisotopic (exact) mass is 225 g/mol. The van der Waals surface area contributed by atoms with Crippen molar-refractivity contribution >= 4 is 0 Å². The predicted molar refractivity (Wildman–Crippen MR) is 59.0 cm³/mol. The van der Waals surface area contributed by atoms with Crippen LogP contribution in [0, 0.1) is 10.1 Å². The van der Waals surface area contributed by atoms with E-state index in [1.807, 2.05) is 6.92 Å². The molecule has 0 aromatic heterocycles. The van der Waals surface area contributed by atoms with Crippen molar-refractivity contribution in [1.82, 2.24) is 0 Å². The maximum absolute atomic E-state index is 10.3. The van der Waals surface area contributed by atoms with Gasteiger partial charge < -0.3 is 9.84 Å². The molecule has 88 valence electrons. The second-order valence-electron chi connectivity index (χ2n) is 3.45. The Hall–Kier alpha value is -1.62. The minimum atomic E-state index is -1.08. The van der Waals surface area contributed by atoms with Gasteiger partial charge in [0.25, 0.3) is 0 Å². The first-order valence-corrected chi connectivity index (χ1v) is 5.16. The molecule has 1 atom stereocenters. The molecule has 0 saturated heterocycles. The van der Waals surface area contributed by atoms with Crippen molar-refractivity contribution in [1.29, 1.82) is 0 Å². The van der Waals surface area contributed by atoms with E-state index in [2.05, 4.69) is 0 Å². The van der Waals surface area contributed by atoms with E-state index < -0.39 is 17.6 Å². The van der Waals surface area contributed by atoms with Crippen LogP contribution in [0.2, 0.25) is 0 Å². The van der Waals surface area contributed by atoms with Crippen molar-refractivity contribution in [3.63, 3.8) is 0 Å². The van der Waals surface area contributed by atoms with E-state index in [0.717, 1.165) is 6.42 Å². The average Bonchev–Trinajstić information content (AvgIpc) is 2.26. The van der Waals surface area contributed by atoms with E-state index >= 15 is 0 Å². The second-order valence-corrected chi connectivity index (χ2v) is 3.45. The van der Waals surface area contributed by atoms with Gasteiger partial charge in [-0.2, -0.15) is 0 Å². The highest BCUT2D eigenvalue weighted by Gasteiger charge is 2.14. The standard InChI is InChI=1S/C11H15NO4/c1-2-6-16-10-5-3-4-9(7-10)11(13)8-12(14)15/h3-5,7,11,13H,2,6,8H2,1H3/t11-/m1/s1. The Morgan fingerprint density at radius 2 is 2.31 bits per heavy atom. The molecule has 0 aliphatic heterocycles. The summed E-state index contributed by atoms with van der Waals surface area (Å²) in [6.07, 6.45) is -0.193. The number of aliphatic hydroxyl groups excluding tert-OH is 1. The quantitative estimate of drug-likeness (QED) is 0.591. The normalized spacial score (nSPS) is 12.1. The molecule has 0 saturated carbocycles. The molecule has 16 heavy (non-hydrogen) atoms. The highest BCUT2D eigenvalue weighted by atomic mass is 16.6. The fourth-order valence-corrected chi connectivity index (χ4v) is 1.28. The summed E-state index contributed by atoms with van der Waals surface area (Å²) in [5, 5.41) is 19.8. The van der Waals surface area contributed by atoms with Gasteiger partial charge in [-0.1, -0.05) is 19.1 Å². The molecular weight excluding hydrogens is 210 g/mol. The van der Waals surface area contributed by atoms with Crippen LogP contribution in [0.3, 0.4) is 0 Å². The van der Waals surface area contributed by atoms with Gasteiger partial charge in [0.05, 0.1) is 6.61 Å². The number of hydrogen-bond acceptors (Lipinski definition) is 4. The zero-order valence-electron chi connectivity index (χ0n) is 9.13. The molecule has 0 aliphatic rings. The van der Waals surface area contributed by atoms with Crippen molar-refractivity contribution in [2.45, 2.75) is 19.4 Å². The van der Waals surface area contributed by atoms with Crippen LogP contribution in [0.15, 0.2) is 24.3 Å². The molecule has 1 aromatic carbocycles. The van der Waals surface area contributed by atoms with Gasteiger partial charge in [0.15, 0.2) is 0 Å². The fourth-order valence-electron chi connectivity index (χ4n) is 1.28.